The van der Waals surface area contributed by atoms with Crippen molar-refractivity contribution in [2.24, 2.45) is 0 Å². The second-order valence-electron chi connectivity index (χ2n) is 5.00. The number of urea groups is 1. The van der Waals surface area contributed by atoms with Crippen LogP contribution in [0.3, 0.4) is 0 Å². The quantitative estimate of drug-likeness (QED) is 0.856. The van der Waals surface area contributed by atoms with Gasteiger partial charge in [0.15, 0.2) is 0 Å². The van der Waals surface area contributed by atoms with E-state index in [1.165, 1.54) is 0 Å². The highest BCUT2D eigenvalue weighted by molar-refractivity contribution is 5.74. The monoisotopic (exact) mass is 277 g/mol. The van der Waals surface area contributed by atoms with Gasteiger partial charge in [0.1, 0.15) is 0 Å². The van der Waals surface area contributed by atoms with E-state index >= 15 is 0 Å². The molecule has 0 aromatic heterocycles. The summed E-state index contributed by atoms with van der Waals surface area (Å²) in [7, 11) is 0. The molecule has 1 heterocycles. The van der Waals surface area contributed by atoms with Crippen LogP contribution in [0, 0.1) is 0 Å². The highest BCUT2D eigenvalue weighted by Crippen LogP contribution is 2.15. The lowest BCUT2D eigenvalue weighted by molar-refractivity contribution is 0.0426. The summed E-state index contributed by atoms with van der Waals surface area (Å²) >= 11 is 0. The van der Waals surface area contributed by atoms with Crippen molar-refractivity contribution in [1.29, 1.82) is 0 Å². The van der Waals surface area contributed by atoms with Gasteiger partial charge in [-0.05, 0) is 18.1 Å². The summed E-state index contributed by atoms with van der Waals surface area (Å²) in [6, 6.07) is 7.80. The number of benzene rings is 1. The molecule has 0 spiro atoms. The summed E-state index contributed by atoms with van der Waals surface area (Å²) in [6.45, 7) is 5.97. The Labute approximate surface area is 120 Å². The van der Waals surface area contributed by atoms with Gasteiger partial charge >= 0.3 is 6.03 Å². The Morgan fingerprint density at radius 3 is 2.70 bits per heavy atom. The standard InChI is InChI=1S/C15H23N3O2/c1-2-7-18(12-13-5-3-4-6-14(13)16)15(19)17-8-10-20-11-9-17/h3-6H,2,7-12,16H2,1H3. The van der Waals surface area contributed by atoms with E-state index in [2.05, 4.69) is 6.92 Å². The molecule has 0 bridgehead atoms. The van der Waals surface area contributed by atoms with Crippen LogP contribution in [0.1, 0.15) is 18.9 Å². The molecule has 0 atom stereocenters. The summed E-state index contributed by atoms with van der Waals surface area (Å²) in [5.41, 5.74) is 7.71. The maximum absolute atomic E-state index is 12.6. The third-order valence-corrected chi connectivity index (χ3v) is 3.46. The number of hydrogen-bond acceptors (Lipinski definition) is 3. The SMILES string of the molecule is CCCN(Cc1ccccc1N)C(=O)N1CCOCC1. The lowest BCUT2D eigenvalue weighted by Crippen LogP contribution is -2.48. The number of ether oxygens (including phenoxy) is 1. The van der Waals surface area contributed by atoms with Crippen molar-refractivity contribution < 1.29 is 9.53 Å². The van der Waals surface area contributed by atoms with E-state index in [-0.39, 0.29) is 6.03 Å². The second kappa shape index (κ2) is 7.14. The fraction of sp³-hybridized carbons (Fsp3) is 0.533. The van der Waals surface area contributed by atoms with Crippen molar-refractivity contribution in [2.75, 3.05) is 38.6 Å². The van der Waals surface area contributed by atoms with Gasteiger partial charge in [-0.25, -0.2) is 4.79 Å². The van der Waals surface area contributed by atoms with Gasteiger partial charge in [0, 0.05) is 31.9 Å². The van der Waals surface area contributed by atoms with Crippen molar-refractivity contribution >= 4 is 11.7 Å². The van der Waals surface area contributed by atoms with Crippen LogP contribution in [0.15, 0.2) is 24.3 Å². The zero-order valence-corrected chi connectivity index (χ0v) is 12.0. The molecule has 5 nitrogen and oxygen atoms in total. The van der Waals surface area contributed by atoms with Crippen LogP contribution in [-0.4, -0.2) is 48.7 Å². The van der Waals surface area contributed by atoms with E-state index in [4.69, 9.17) is 10.5 Å². The molecular weight excluding hydrogens is 254 g/mol. The molecule has 1 aromatic carbocycles. The van der Waals surface area contributed by atoms with Crippen LogP contribution < -0.4 is 5.73 Å². The number of hydrogen-bond donors (Lipinski definition) is 1. The topological polar surface area (TPSA) is 58.8 Å². The normalized spacial score (nSPS) is 15.2. The molecular formula is C15H23N3O2. The predicted molar refractivity (Wildman–Crippen MR) is 79.3 cm³/mol. The van der Waals surface area contributed by atoms with Crippen molar-refractivity contribution in [3.05, 3.63) is 29.8 Å². The number of para-hydroxylation sites is 1. The molecule has 1 saturated heterocycles. The lowest BCUT2D eigenvalue weighted by atomic mass is 10.1. The minimum absolute atomic E-state index is 0.0819. The molecule has 0 radical (unpaired) electrons. The van der Waals surface area contributed by atoms with Gasteiger partial charge < -0.3 is 20.3 Å². The Morgan fingerprint density at radius 1 is 1.35 bits per heavy atom. The number of morpholine rings is 1. The van der Waals surface area contributed by atoms with Gasteiger partial charge in [0.2, 0.25) is 0 Å². The highest BCUT2D eigenvalue weighted by Gasteiger charge is 2.22. The van der Waals surface area contributed by atoms with Crippen LogP contribution in [0.25, 0.3) is 0 Å². The third kappa shape index (κ3) is 3.63. The first-order valence-electron chi connectivity index (χ1n) is 7.17. The Hall–Kier alpha value is -1.75. The van der Waals surface area contributed by atoms with E-state index in [0.717, 1.165) is 24.2 Å². The average molecular weight is 277 g/mol. The number of carbonyl (C=O) groups is 1. The van der Waals surface area contributed by atoms with Crippen LogP contribution in [0.4, 0.5) is 10.5 Å². The first-order valence-corrected chi connectivity index (χ1v) is 7.17. The predicted octanol–water partition coefficient (Wildman–Crippen LogP) is 1.93. The van der Waals surface area contributed by atoms with E-state index in [0.29, 0.717) is 32.8 Å². The molecule has 0 unspecified atom stereocenters. The largest absolute Gasteiger partial charge is 0.398 e. The molecule has 2 amide bonds. The molecule has 1 aliphatic heterocycles. The lowest BCUT2D eigenvalue weighted by Gasteiger charge is -2.33. The summed E-state index contributed by atoms with van der Waals surface area (Å²) in [5, 5.41) is 0. The molecule has 2 N–H and O–H groups in total. The maximum Gasteiger partial charge on any atom is 0.320 e. The number of nitrogens with two attached hydrogens (primary N) is 1. The van der Waals surface area contributed by atoms with Crippen molar-refractivity contribution in [3.8, 4) is 0 Å². The van der Waals surface area contributed by atoms with Crippen molar-refractivity contribution in [1.82, 2.24) is 9.80 Å². The number of amides is 2. The number of anilines is 1. The first-order chi connectivity index (χ1) is 9.72. The molecule has 1 aromatic rings. The maximum atomic E-state index is 12.6. The summed E-state index contributed by atoms with van der Waals surface area (Å²) in [5.74, 6) is 0. The zero-order chi connectivity index (χ0) is 14.4. The van der Waals surface area contributed by atoms with E-state index in [9.17, 15) is 4.79 Å². The van der Waals surface area contributed by atoms with Gasteiger partial charge in [0.25, 0.3) is 0 Å². The number of nitrogens with zero attached hydrogens (tertiary/aromatic N) is 2. The Morgan fingerprint density at radius 2 is 2.05 bits per heavy atom. The van der Waals surface area contributed by atoms with Crippen LogP contribution in [-0.2, 0) is 11.3 Å². The minimum Gasteiger partial charge on any atom is -0.398 e. The zero-order valence-electron chi connectivity index (χ0n) is 12.0. The number of carbonyl (C=O) groups excluding carboxylic acids is 1. The summed E-state index contributed by atoms with van der Waals surface area (Å²) in [6.07, 6.45) is 0.933. The molecule has 2 rings (SSSR count). The van der Waals surface area contributed by atoms with E-state index < -0.39 is 0 Å². The Kier molecular flexibility index (Phi) is 5.24. The molecule has 20 heavy (non-hydrogen) atoms. The molecule has 5 heteroatoms. The number of nitrogen functional groups attached to an aromatic ring is 1. The minimum atomic E-state index is 0.0819. The molecule has 0 aliphatic carbocycles. The number of rotatable bonds is 4. The average Bonchev–Trinajstić information content (AvgIpc) is 2.49. The van der Waals surface area contributed by atoms with Gasteiger partial charge in [-0.1, -0.05) is 25.1 Å². The Balaban J connectivity index is 2.06. The second-order valence-corrected chi connectivity index (χ2v) is 5.00. The fourth-order valence-electron chi connectivity index (χ4n) is 2.35. The van der Waals surface area contributed by atoms with E-state index in [1.54, 1.807) is 0 Å². The van der Waals surface area contributed by atoms with Gasteiger partial charge in [-0.3, -0.25) is 0 Å². The highest BCUT2D eigenvalue weighted by atomic mass is 16.5. The molecule has 0 saturated carbocycles. The van der Waals surface area contributed by atoms with Gasteiger partial charge in [-0.2, -0.15) is 0 Å². The van der Waals surface area contributed by atoms with Crippen LogP contribution in [0.2, 0.25) is 0 Å². The Bertz CT molecular complexity index is 444. The van der Waals surface area contributed by atoms with Crippen molar-refractivity contribution in [3.63, 3.8) is 0 Å². The first kappa shape index (κ1) is 14.7. The molecule has 1 fully saturated rings. The third-order valence-electron chi connectivity index (χ3n) is 3.46. The van der Waals surface area contributed by atoms with Crippen LogP contribution in [0.5, 0.6) is 0 Å². The molecule has 1 aliphatic rings. The molecule has 110 valence electrons. The summed E-state index contributed by atoms with van der Waals surface area (Å²) < 4.78 is 5.29. The smallest absolute Gasteiger partial charge is 0.320 e. The van der Waals surface area contributed by atoms with Gasteiger partial charge in [-0.15, -0.1) is 0 Å². The van der Waals surface area contributed by atoms with Gasteiger partial charge in [0.05, 0.1) is 13.2 Å². The van der Waals surface area contributed by atoms with E-state index in [1.807, 2.05) is 34.1 Å². The van der Waals surface area contributed by atoms with Crippen molar-refractivity contribution in [2.45, 2.75) is 19.9 Å². The summed E-state index contributed by atoms with van der Waals surface area (Å²) in [4.78, 5) is 16.3. The fourth-order valence-corrected chi connectivity index (χ4v) is 2.35. The van der Waals surface area contributed by atoms with Crippen LogP contribution >= 0.6 is 0 Å².